The van der Waals surface area contributed by atoms with Crippen molar-refractivity contribution in [2.75, 3.05) is 12.8 Å². The molecule has 1 amide bonds. The Morgan fingerprint density at radius 1 is 1.15 bits per heavy atom. The first-order valence-electron chi connectivity index (χ1n) is 9.75. The second-order valence-electron chi connectivity index (χ2n) is 7.34. The van der Waals surface area contributed by atoms with Gasteiger partial charge in [-0.25, -0.2) is 0 Å². The molecule has 0 aliphatic carbocycles. The lowest BCUT2D eigenvalue weighted by Gasteiger charge is -2.22. The highest BCUT2D eigenvalue weighted by atomic mass is 32.2. The number of nitrogens with one attached hydrogen (secondary N) is 1. The molecule has 2 unspecified atom stereocenters. The SMILES string of the molecule is C[S+]([O-])C(Cn1c(=O)c(C(=O)NCC(=O)O)c(O)c2ccccc21)c1ccc(C(F)(F)F)cc1. The molecule has 12 heteroatoms. The lowest BCUT2D eigenvalue weighted by molar-refractivity contribution is -0.138. The maximum absolute atomic E-state index is 13.2. The molecule has 0 spiro atoms. The van der Waals surface area contributed by atoms with Crippen LogP contribution in [0.3, 0.4) is 0 Å². The van der Waals surface area contributed by atoms with Crippen LogP contribution in [0.1, 0.15) is 26.7 Å². The first-order valence-corrected chi connectivity index (χ1v) is 11.4. The molecule has 0 bridgehead atoms. The number of para-hydroxylation sites is 1. The zero-order chi connectivity index (χ0) is 25.2. The van der Waals surface area contributed by atoms with Crippen molar-refractivity contribution < 1.29 is 37.5 Å². The minimum absolute atomic E-state index is 0.107. The summed E-state index contributed by atoms with van der Waals surface area (Å²) in [5, 5.41) is 20.6. The summed E-state index contributed by atoms with van der Waals surface area (Å²) in [5.41, 5.74) is -2.09. The number of carbonyl (C=O) groups excluding carboxylic acids is 1. The van der Waals surface area contributed by atoms with E-state index in [-0.39, 0.29) is 23.0 Å². The van der Waals surface area contributed by atoms with E-state index in [1.54, 1.807) is 12.1 Å². The van der Waals surface area contributed by atoms with Crippen LogP contribution >= 0.6 is 0 Å². The fourth-order valence-corrected chi connectivity index (χ4v) is 4.37. The Morgan fingerprint density at radius 3 is 2.32 bits per heavy atom. The molecule has 3 rings (SSSR count). The normalized spacial score (nSPS) is 13.4. The average Bonchev–Trinajstić information content (AvgIpc) is 2.77. The fraction of sp³-hybridized carbons (Fsp3) is 0.227. The molecular weight excluding hydrogens is 477 g/mol. The zero-order valence-corrected chi connectivity index (χ0v) is 18.4. The first kappa shape index (κ1) is 25.1. The molecule has 1 heterocycles. The van der Waals surface area contributed by atoms with Gasteiger partial charge < -0.3 is 24.6 Å². The number of benzene rings is 2. The van der Waals surface area contributed by atoms with E-state index in [9.17, 15) is 37.2 Å². The number of nitrogens with zero attached hydrogens (tertiary/aromatic N) is 1. The van der Waals surface area contributed by atoms with Gasteiger partial charge in [0.15, 0.2) is 5.25 Å². The van der Waals surface area contributed by atoms with E-state index in [0.29, 0.717) is 0 Å². The molecular formula is C22H19F3N2O6S. The van der Waals surface area contributed by atoms with E-state index in [1.165, 1.54) is 30.5 Å². The number of carbonyl (C=O) groups is 2. The predicted octanol–water partition coefficient (Wildman–Crippen LogP) is 2.66. The van der Waals surface area contributed by atoms with Crippen LogP contribution in [0.2, 0.25) is 0 Å². The number of hydrogen-bond donors (Lipinski definition) is 3. The maximum atomic E-state index is 13.2. The molecule has 0 fully saturated rings. The second-order valence-corrected chi connectivity index (χ2v) is 8.91. The third-order valence-corrected chi connectivity index (χ3v) is 6.35. The van der Waals surface area contributed by atoms with Crippen molar-refractivity contribution in [3.63, 3.8) is 0 Å². The predicted molar refractivity (Wildman–Crippen MR) is 118 cm³/mol. The molecule has 0 aliphatic rings. The van der Waals surface area contributed by atoms with Gasteiger partial charge in [0, 0.05) is 10.9 Å². The van der Waals surface area contributed by atoms with Crippen molar-refractivity contribution >= 4 is 34.0 Å². The molecule has 1 aromatic heterocycles. The van der Waals surface area contributed by atoms with Crippen molar-refractivity contribution in [2.24, 2.45) is 0 Å². The number of hydrogen-bond acceptors (Lipinski definition) is 5. The zero-order valence-electron chi connectivity index (χ0n) is 17.6. The summed E-state index contributed by atoms with van der Waals surface area (Å²) >= 11 is -1.65. The van der Waals surface area contributed by atoms with Gasteiger partial charge in [-0.15, -0.1) is 0 Å². The molecule has 180 valence electrons. The Labute approximate surface area is 193 Å². The number of aliphatic carboxylic acids is 1. The molecule has 0 aliphatic heterocycles. The van der Waals surface area contributed by atoms with Gasteiger partial charge in [0.25, 0.3) is 11.5 Å². The van der Waals surface area contributed by atoms with E-state index in [0.717, 1.165) is 16.7 Å². The summed E-state index contributed by atoms with van der Waals surface area (Å²) in [6.45, 7) is -1.08. The van der Waals surface area contributed by atoms with Gasteiger partial charge >= 0.3 is 12.1 Å². The smallest absolute Gasteiger partial charge is 0.416 e. The van der Waals surface area contributed by atoms with Crippen LogP contribution < -0.4 is 10.9 Å². The van der Waals surface area contributed by atoms with Gasteiger partial charge in [-0.1, -0.05) is 24.3 Å². The van der Waals surface area contributed by atoms with E-state index >= 15 is 0 Å². The quantitative estimate of drug-likeness (QED) is 0.431. The highest BCUT2D eigenvalue weighted by Crippen LogP contribution is 2.33. The molecule has 2 aromatic carbocycles. The number of pyridine rings is 1. The summed E-state index contributed by atoms with van der Waals surface area (Å²) in [6.07, 6.45) is -3.22. The molecule has 3 aromatic rings. The number of fused-ring (bicyclic) bond motifs is 1. The number of rotatable bonds is 7. The third-order valence-electron chi connectivity index (χ3n) is 5.13. The molecule has 0 saturated heterocycles. The van der Waals surface area contributed by atoms with Gasteiger partial charge in [0.1, 0.15) is 17.9 Å². The van der Waals surface area contributed by atoms with Crippen LogP contribution in [0.5, 0.6) is 5.75 Å². The van der Waals surface area contributed by atoms with Crippen LogP contribution in [0, 0.1) is 0 Å². The Hall–Kier alpha value is -3.51. The monoisotopic (exact) mass is 496 g/mol. The van der Waals surface area contributed by atoms with Crippen LogP contribution in [0.4, 0.5) is 13.2 Å². The average molecular weight is 496 g/mol. The summed E-state index contributed by atoms with van der Waals surface area (Å²) in [7, 11) is 0. The van der Waals surface area contributed by atoms with Crippen molar-refractivity contribution in [2.45, 2.75) is 18.0 Å². The largest absolute Gasteiger partial charge is 0.616 e. The van der Waals surface area contributed by atoms with Crippen molar-refractivity contribution in [1.29, 1.82) is 0 Å². The molecule has 0 radical (unpaired) electrons. The number of carboxylic acid groups (broad SMARTS) is 1. The molecule has 2 atom stereocenters. The standard InChI is InChI=1S/C22H19F3N2O6S/c1-34(33)16(12-6-8-13(9-7-12)22(23,24)25)11-27-15-5-3-2-4-14(15)19(30)18(21(27)32)20(31)26-10-17(28)29/h2-9,16,30H,10-11H2,1H3,(H,26,31)(H,28,29). The Balaban J connectivity index is 2.12. The van der Waals surface area contributed by atoms with Crippen LogP contribution in [-0.4, -0.2) is 44.0 Å². The Bertz CT molecular complexity index is 1290. The Morgan fingerprint density at radius 2 is 1.76 bits per heavy atom. The molecule has 0 saturated carbocycles. The molecule has 3 N–H and O–H groups in total. The van der Waals surface area contributed by atoms with Crippen LogP contribution in [0.15, 0.2) is 53.3 Å². The van der Waals surface area contributed by atoms with E-state index in [4.69, 9.17) is 5.11 Å². The topological polar surface area (TPSA) is 132 Å². The number of aromatic nitrogens is 1. The lowest BCUT2D eigenvalue weighted by Crippen LogP contribution is -2.37. The second kappa shape index (κ2) is 9.77. The van der Waals surface area contributed by atoms with Crippen molar-refractivity contribution in [3.05, 3.63) is 75.6 Å². The fourth-order valence-electron chi connectivity index (χ4n) is 3.47. The van der Waals surface area contributed by atoms with Gasteiger partial charge in [-0.2, -0.15) is 13.2 Å². The van der Waals surface area contributed by atoms with E-state index in [1.807, 2.05) is 5.32 Å². The summed E-state index contributed by atoms with van der Waals surface area (Å²) in [5.74, 6) is -3.13. The number of alkyl halides is 3. The highest BCUT2D eigenvalue weighted by Gasteiger charge is 2.32. The van der Waals surface area contributed by atoms with Gasteiger partial charge in [-0.05, 0) is 35.4 Å². The molecule has 34 heavy (non-hydrogen) atoms. The number of carboxylic acids is 1. The summed E-state index contributed by atoms with van der Waals surface area (Å²) in [6, 6.07) is 10.1. The van der Waals surface area contributed by atoms with E-state index < -0.39 is 63.5 Å². The van der Waals surface area contributed by atoms with E-state index in [2.05, 4.69) is 0 Å². The molecule has 8 nitrogen and oxygen atoms in total. The van der Waals surface area contributed by atoms with Crippen molar-refractivity contribution in [3.8, 4) is 5.75 Å². The number of halogens is 3. The highest BCUT2D eigenvalue weighted by molar-refractivity contribution is 7.90. The van der Waals surface area contributed by atoms with Gasteiger partial charge in [-0.3, -0.25) is 14.4 Å². The number of amides is 1. The maximum Gasteiger partial charge on any atom is 0.416 e. The van der Waals surface area contributed by atoms with Crippen LogP contribution in [0.25, 0.3) is 10.9 Å². The minimum atomic E-state index is -4.55. The van der Waals surface area contributed by atoms with Crippen molar-refractivity contribution in [1.82, 2.24) is 9.88 Å². The van der Waals surface area contributed by atoms with Crippen LogP contribution in [-0.2, 0) is 28.7 Å². The van der Waals surface area contributed by atoms with Gasteiger partial charge in [0.2, 0.25) is 0 Å². The first-order chi connectivity index (χ1) is 15.9. The minimum Gasteiger partial charge on any atom is -0.616 e. The third kappa shape index (κ3) is 5.18. The summed E-state index contributed by atoms with van der Waals surface area (Å²) in [4.78, 5) is 36.5. The summed E-state index contributed by atoms with van der Waals surface area (Å²) < 4.78 is 52.4. The number of aromatic hydroxyl groups is 1. The Kier molecular flexibility index (Phi) is 7.22. The van der Waals surface area contributed by atoms with Gasteiger partial charge in [0.05, 0.1) is 23.9 Å². The lowest BCUT2D eigenvalue weighted by atomic mass is 10.1.